The van der Waals surface area contributed by atoms with Crippen LogP contribution in [0.4, 0.5) is 4.79 Å². The van der Waals surface area contributed by atoms with Gasteiger partial charge in [0.25, 0.3) is 0 Å². The molecule has 1 aromatic rings. The largest absolute Gasteiger partial charge is 0.444 e. The predicted octanol–water partition coefficient (Wildman–Crippen LogP) is 4.61. The number of amides is 3. The average Bonchev–Trinajstić information content (AvgIpc) is 2.76. The van der Waals surface area contributed by atoms with Crippen molar-refractivity contribution in [2.75, 3.05) is 25.1 Å². The molecule has 0 aromatic heterocycles. The van der Waals surface area contributed by atoms with Crippen molar-refractivity contribution in [3.8, 4) is 0 Å². The average molecular weight is 492 g/mol. The zero-order valence-electron chi connectivity index (χ0n) is 21.5. The number of rotatable bonds is 13. The molecule has 7 nitrogen and oxygen atoms in total. The minimum Gasteiger partial charge on any atom is -0.444 e. The van der Waals surface area contributed by atoms with E-state index in [2.05, 4.69) is 24.1 Å². The molecule has 1 aromatic carbocycles. The first-order valence-electron chi connectivity index (χ1n) is 11.8. The molecule has 3 amide bonds. The highest BCUT2D eigenvalue weighted by Crippen LogP contribution is 2.24. The minimum atomic E-state index is -0.847. The van der Waals surface area contributed by atoms with Gasteiger partial charge in [-0.05, 0) is 58.1 Å². The van der Waals surface area contributed by atoms with Crippen LogP contribution < -0.4 is 10.6 Å². The van der Waals surface area contributed by atoms with Crippen molar-refractivity contribution in [3.63, 3.8) is 0 Å². The highest BCUT2D eigenvalue weighted by molar-refractivity contribution is 7.98. The Morgan fingerprint density at radius 1 is 1.21 bits per heavy atom. The molecule has 2 unspecified atom stereocenters. The Labute approximate surface area is 209 Å². The molecule has 0 fully saturated rings. The molecule has 190 valence electrons. The highest BCUT2D eigenvalue weighted by Gasteiger charge is 2.35. The van der Waals surface area contributed by atoms with E-state index in [-0.39, 0.29) is 18.4 Å². The quantitative estimate of drug-likeness (QED) is 0.311. The first-order chi connectivity index (χ1) is 16.0. The monoisotopic (exact) mass is 491 g/mol. The van der Waals surface area contributed by atoms with Crippen molar-refractivity contribution in [1.29, 1.82) is 0 Å². The molecular formula is C26H41N3O4S. The van der Waals surface area contributed by atoms with Crippen molar-refractivity contribution in [2.45, 2.75) is 71.6 Å². The second kappa shape index (κ2) is 14.7. The lowest BCUT2D eigenvalue weighted by molar-refractivity contribution is -0.141. The molecule has 0 aliphatic heterocycles. The normalized spacial score (nSPS) is 12.9. The third kappa shape index (κ3) is 10.2. The van der Waals surface area contributed by atoms with Crippen molar-refractivity contribution < 1.29 is 19.1 Å². The fourth-order valence-electron chi connectivity index (χ4n) is 3.31. The number of nitrogens with one attached hydrogen (secondary N) is 2. The summed E-state index contributed by atoms with van der Waals surface area (Å²) in [5.41, 5.74) is 1.07. The lowest BCUT2D eigenvalue weighted by atomic mass is 10.0. The number of benzene rings is 1. The Morgan fingerprint density at radius 2 is 1.85 bits per heavy atom. The molecule has 0 aliphatic rings. The van der Waals surface area contributed by atoms with Gasteiger partial charge in [0.1, 0.15) is 17.7 Å². The maximum Gasteiger partial charge on any atom is 0.408 e. The number of thioether (sulfide) groups is 1. The van der Waals surface area contributed by atoms with Gasteiger partial charge in [0, 0.05) is 13.1 Å². The number of nitrogens with zero attached hydrogens (tertiary/aromatic N) is 1. The third-order valence-corrected chi connectivity index (χ3v) is 5.64. The van der Waals surface area contributed by atoms with E-state index >= 15 is 0 Å². The first-order valence-corrected chi connectivity index (χ1v) is 13.2. The maximum absolute atomic E-state index is 13.8. The van der Waals surface area contributed by atoms with E-state index in [1.54, 1.807) is 38.6 Å². The van der Waals surface area contributed by atoms with E-state index < -0.39 is 23.8 Å². The van der Waals surface area contributed by atoms with Gasteiger partial charge in [0.05, 0.1) is 0 Å². The van der Waals surface area contributed by atoms with Gasteiger partial charge < -0.3 is 20.3 Å². The Bertz CT molecular complexity index is 805. The molecule has 0 radical (unpaired) electrons. The molecule has 0 saturated heterocycles. The molecular weight excluding hydrogens is 450 g/mol. The zero-order chi connectivity index (χ0) is 25.7. The Balaban J connectivity index is 3.32. The number of carbonyl (C=O) groups is 3. The van der Waals surface area contributed by atoms with Crippen LogP contribution in [0.3, 0.4) is 0 Å². The summed E-state index contributed by atoms with van der Waals surface area (Å²) in [6, 6.07) is 5.88. The Morgan fingerprint density at radius 3 is 2.38 bits per heavy atom. The molecule has 8 heteroatoms. The highest BCUT2D eigenvalue weighted by atomic mass is 32.2. The van der Waals surface area contributed by atoms with E-state index in [4.69, 9.17) is 4.74 Å². The summed E-state index contributed by atoms with van der Waals surface area (Å²) >= 11 is 1.58. The van der Waals surface area contributed by atoms with Crippen LogP contribution in [0, 0.1) is 6.92 Å². The van der Waals surface area contributed by atoms with E-state index in [9.17, 15) is 14.4 Å². The number of unbranched alkanes of at least 4 members (excludes halogenated alkanes) is 1. The van der Waals surface area contributed by atoms with Gasteiger partial charge in [0.15, 0.2) is 0 Å². The maximum atomic E-state index is 13.8. The number of hydrogen-bond donors (Lipinski definition) is 2. The van der Waals surface area contributed by atoms with Crippen LogP contribution in [0.1, 0.15) is 64.1 Å². The molecule has 0 heterocycles. The second-order valence-electron chi connectivity index (χ2n) is 9.22. The smallest absolute Gasteiger partial charge is 0.408 e. The summed E-state index contributed by atoms with van der Waals surface area (Å²) in [7, 11) is 0. The predicted molar refractivity (Wildman–Crippen MR) is 140 cm³/mol. The number of ether oxygens (including phenoxy) is 1. The van der Waals surface area contributed by atoms with E-state index in [1.807, 2.05) is 37.4 Å². The fourth-order valence-corrected chi connectivity index (χ4v) is 3.78. The minimum absolute atomic E-state index is 0.157. The van der Waals surface area contributed by atoms with Crippen molar-refractivity contribution in [3.05, 3.63) is 48.0 Å². The van der Waals surface area contributed by atoms with Gasteiger partial charge in [-0.15, -0.1) is 6.58 Å². The summed E-state index contributed by atoms with van der Waals surface area (Å²) in [5.74, 6) is 0.0517. The van der Waals surface area contributed by atoms with Crippen LogP contribution in [0.25, 0.3) is 0 Å². The molecule has 2 atom stereocenters. The number of hydrogen-bond acceptors (Lipinski definition) is 5. The van der Waals surface area contributed by atoms with Crippen LogP contribution in [0.15, 0.2) is 36.9 Å². The standard InChI is InChI=1S/C26H41N3O4S/c1-8-10-16-27-23(30)22(20-13-11-19(3)12-14-20)29(17-9-2)24(31)21(15-18-34-7)28-25(32)33-26(4,5)6/h9,11-14,21-22H,2,8,10,15-18H2,1,3-7H3,(H,27,30)(H,28,32). The third-order valence-electron chi connectivity index (χ3n) is 4.99. The van der Waals surface area contributed by atoms with Crippen LogP contribution >= 0.6 is 11.8 Å². The molecule has 2 N–H and O–H groups in total. The second-order valence-corrected chi connectivity index (χ2v) is 10.2. The van der Waals surface area contributed by atoms with Crippen LogP contribution in [-0.2, 0) is 14.3 Å². The Hall–Kier alpha value is -2.48. The van der Waals surface area contributed by atoms with Crippen molar-refractivity contribution in [1.82, 2.24) is 15.5 Å². The van der Waals surface area contributed by atoms with Gasteiger partial charge in [0.2, 0.25) is 11.8 Å². The topological polar surface area (TPSA) is 87.7 Å². The van der Waals surface area contributed by atoms with Crippen molar-refractivity contribution in [2.24, 2.45) is 0 Å². The van der Waals surface area contributed by atoms with Gasteiger partial charge in [-0.1, -0.05) is 49.2 Å². The molecule has 1 rings (SSSR count). The number of carbonyl (C=O) groups excluding carboxylic acids is 3. The van der Waals surface area contributed by atoms with E-state index in [0.29, 0.717) is 24.3 Å². The van der Waals surface area contributed by atoms with Gasteiger partial charge in [-0.25, -0.2) is 4.79 Å². The summed E-state index contributed by atoms with van der Waals surface area (Å²) in [6.45, 7) is 13.8. The molecule has 0 saturated carbocycles. The van der Waals surface area contributed by atoms with Gasteiger partial charge in [-0.2, -0.15) is 11.8 Å². The summed E-state index contributed by atoms with van der Waals surface area (Å²) < 4.78 is 5.38. The van der Waals surface area contributed by atoms with E-state index in [1.165, 1.54) is 4.90 Å². The zero-order valence-corrected chi connectivity index (χ0v) is 22.3. The summed E-state index contributed by atoms with van der Waals surface area (Å²) in [5, 5.41) is 5.68. The fraction of sp³-hybridized carbons (Fsp3) is 0.577. The molecule has 0 spiro atoms. The molecule has 0 aliphatic carbocycles. The lowest BCUT2D eigenvalue weighted by Gasteiger charge is -2.34. The van der Waals surface area contributed by atoms with E-state index in [0.717, 1.165) is 18.4 Å². The van der Waals surface area contributed by atoms with Crippen molar-refractivity contribution >= 4 is 29.7 Å². The first kappa shape index (κ1) is 29.6. The van der Waals surface area contributed by atoms with Crippen LogP contribution in [-0.4, -0.2) is 59.5 Å². The lowest BCUT2D eigenvalue weighted by Crippen LogP contribution is -2.53. The number of alkyl carbamates (subject to hydrolysis) is 1. The Kier molecular flexibility index (Phi) is 12.8. The molecule has 0 bridgehead atoms. The van der Waals surface area contributed by atoms with Crippen LogP contribution in [0.2, 0.25) is 0 Å². The van der Waals surface area contributed by atoms with Crippen LogP contribution in [0.5, 0.6) is 0 Å². The van der Waals surface area contributed by atoms with Gasteiger partial charge >= 0.3 is 6.09 Å². The summed E-state index contributed by atoms with van der Waals surface area (Å²) in [6.07, 6.45) is 5.07. The SMILES string of the molecule is C=CCN(C(=O)C(CCSC)NC(=O)OC(C)(C)C)C(C(=O)NCCCC)c1ccc(C)cc1. The molecule has 34 heavy (non-hydrogen) atoms. The number of aryl methyl sites for hydroxylation is 1. The summed E-state index contributed by atoms with van der Waals surface area (Å²) in [4.78, 5) is 41.1. The van der Waals surface area contributed by atoms with Gasteiger partial charge in [-0.3, -0.25) is 9.59 Å².